The van der Waals surface area contributed by atoms with E-state index in [4.69, 9.17) is 0 Å². The van der Waals surface area contributed by atoms with E-state index in [1.54, 1.807) is 0 Å². The molecule has 0 aromatic rings. The van der Waals surface area contributed by atoms with Crippen molar-refractivity contribution in [3.63, 3.8) is 0 Å². The topological polar surface area (TPSA) is 21.9 Å². The summed E-state index contributed by atoms with van der Waals surface area (Å²) in [6.07, 6.45) is 4.04. The smallest absolute Gasteiger partial charge is 0.0281 e. The van der Waals surface area contributed by atoms with Gasteiger partial charge in [0.25, 0.3) is 0 Å². The number of rotatable bonds is 4. The van der Waals surface area contributed by atoms with Gasteiger partial charge < -0.3 is 5.32 Å². The van der Waals surface area contributed by atoms with Crippen LogP contribution in [0.2, 0.25) is 0 Å². The third-order valence-corrected chi connectivity index (χ3v) is 3.34. The average molecular weight is 183 g/mol. The Balaban J connectivity index is 2.47. The Hall–Kier alpha value is -0.0400. The van der Waals surface area contributed by atoms with Crippen molar-refractivity contribution >= 4 is 0 Å². The van der Waals surface area contributed by atoms with Gasteiger partial charge >= 0.3 is 0 Å². The predicted molar refractivity (Wildman–Crippen MR) is 58.9 cm³/mol. The fourth-order valence-corrected chi connectivity index (χ4v) is 2.03. The fourth-order valence-electron chi connectivity index (χ4n) is 2.03. The van der Waals surface area contributed by atoms with Gasteiger partial charge in [-0.15, -0.1) is 0 Å². The van der Waals surface area contributed by atoms with Gasteiger partial charge in [-0.2, -0.15) is 0 Å². The van der Waals surface area contributed by atoms with Crippen molar-refractivity contribution in [2.24, 2.45) is 11.3 Å². The maximum Gasteiger partial charge on any atom is 0.0281 e. The molecule has 0 amide bonds. The molecule has 2 unspecified atom stereocenters. The minimum atomic E-state index is 0.475. The highest BCUT2D eigenvalue weighted by molar-refractivity contribution is 5.01. The minimum Gasteiger partial charge on any atom is -0.308 e. The molecule has 0 aliphatic carbocycles. The van der Waals surface area contributed by atoms with Crippen LogP contribution >= 0.6 is 0 Å². The van der Waals surface area contributed by atoms with Gasteiger partial charge in [-0.05, 0) is 24.7 Å². The summed E-state index contributed by atoms with van der Waals surface area (Å²) in [6.45, 7) is 13.0. The van der Waals surface area contributed by atoms with Crippen LogP contribution in [-0.2, 0) is 0 Å². The van der Waals surface area contributed by atoms with Crippen molar-refractivity contribution in [2.75, 3.05) is 6.54 Å². The van der Waals surface area contributed by atoms with Crippen LogP contribution in [0.25, 0.3) is 0 Å². The summed E-state index contributed by atoms with van der Waals surface area (Å²) in [5.41, 5.74) is 0.955. The van der Waals surface area contributed by atoms with Gasteiger partial charge in [-0.1, -0.05) is 40.5 Å². The molecule has 13 heavy (non-hydrogen) atoms. The SMILES string of the molecule is CCCC(CC1(C)CN1)C(C)(C)C. The van der Waals surface area contributed by atoms with Gasteiger partial charge in [-0.25, -0.2) is 0 Å². The zero-order valence-electron chi connectivity index (χ0n) is 9.91. The quantitative estimate of drug-likeness (QED) is 0.664. The predicted octanol–water partition coefficient (Wildman–Crippen LogP) is 3.20. The molecule has 2 atom stereocenters. The van der Waals surface area contributed by atoms with Crippen LogP contribution in [0, 0.1) is 11.3 Å². The highest BCUT2D eigenvalue weighted by atomic mass is 15.1. The molecule has 1 N–H and O–H groups in total. The molecule has 1 saturated heterocycles. The Morgan fingerprint density at radius 1 is 1.38 bits per heavy atom. The summed E-state index contributed by atoms with van der Waals surface area (Å²) in [7, 11) is 0. The normalized spacial score (nSPS) is 30.2. The Bertz CT molecular complexity index is 162. The van der Waals surface area contributed by atoms with Crippen LogP contribution in [0.3, 0.4) is 0 Å². The van der Waals surface area contributed by atoms with E-state index in [0.29, 0.717) is 11.0 Å². The Morgan fingerprint density at radius 3 is 2.23 bits per heavy atom. The molecule has 0 aromatic carbocycles. The van der Waals surface area contributed by atoms with E-state index in [-0.39, 0.29) is 0 Å². The summed E-state index contributed by atoms with van der Waals surface area (Å²) in [5.74, 6) is 0.873. The summed E-state index contributed by atoms with van der Waals surface area (Å²) >= 11 is 0. The first kappa shape index (κ1) is 11.0. The number of nitrogens with one attached hydrogen (secondary N) is 1. The van der Waals surface area contributed by atoms with Gasteiger partial charge in [-0.3, -0.25) is 0 Å². The van der Waals surface area contributed by atoms with E-state index < -0.39 is 0 Å². The van der Waals surface area contributed by atoms with Crippen molar-refractivity contribution in [2.45, 2.75) is 59.4 Å². The van der Waals surface area contributed by atoms with Crippen LogP contribution in [-0.4, -0.2) is 12.1 Å². The summed E-state index contributed by atoms with van der Waals surface area (Å²) in [4.78, 5) is 0. The van der Waals surface area contributed by atoms with E-state index in [9.17, 15) is 0 Å². The monoisotopic (exact) mass is 183 g/mol. The second-order valence-corrected chi connectivity index (χ2v) is 5.97. The Labute approximate surface area is 83.3 Å². The first-order chi connectivity index (χ1) is 5.87. The lowest BCUT2D eigenvalue weighted by atomic mass is 9.73. The second-order valence-electron chi connectivity index (χ2n) is 5.97. The molecule has 0 radical (unpaired) electrons. The van der Waals surface area contributed by atoms with Crippen LogP contribution in [0.4, 0.5) is 0 Å². The lowest BCUT2D eigenvalue weighted by Crippen LogP contribution is -2.26. The van der Waals surface area contributed by atoms with Crippen molar-refractivity contribution in [1.29, 1.82) is 0 Å². The lowest BCUT2D eigenvalue weighted by molar-refractivity contribution is 0.195. The van der Waals surface area contributed by atoms with Crippen molar-refractivity contribution in [1.82, 2.24) is 5.32 Å². The zero-order valence-corrected chi connectivity index (χ0v) is 9.91. The number of hydrogen-bond donors (Lipinski definition) is 1. The van der Waals surface area contributed by atoms with Crippen LogP contribution in [0.1, 0.15) is 53.9 Å². The molecule has 1 aliphatic heterocycles. The van der Waals surface area contributed by atoms with Crippen LogP contribution in [0.15, 0.2) is 0 Å². The highest BCUT2D eigenvalue weighted by Crippen LogP contribution is 2.38. The molecule has 78 valence electrons. The molecule has 1 rings (SSSR count). The van der Waals surface area contributed by atoms with Crippen LogP contribution in [0.5, 0.6) is 0 Å². The van der Waals surface area contributed by atoms with Gasteiger partial charge in [0.1, 0.15) is 0 Å². The molecule has 0 spiro atoms. The molecule has 0 saturated carbocycles. The fraction of sp³-hybridized carbons (Fsp3) is 1.00. The van der Waals surface area contributed by atoms with Gasteiger partial charge in [0.15, 0.2) is 0 Å². The molecule has 1 fully saturated rings. The van der Waals surface area contributed by atoms with Gasteiger partial charge in [0.2, 0.25) is 0 Å². The molecular formula is C12H25N. The third kappa shape index (κ3) is 3.30. The van der Waals surface area contributed by atoms with E-state index in [0.717, 1.165) is 5.92 Å². The maximum atomic E-state index is 3.47. The van der Waals surface area contributed by atoms with E-state index in [1.165, 1.54) is 25.8 Å². The Kier molecular flexibility index (Phi) is 3.06. The first-order valence-electron chi connectivity index (χ1n) is 5.62. The van der Waals surface area contributed by atoms with E-state index >= 15 is 0 Å². The third-order valence-electron chi connectivity index (χ3n) is 3.34. The molecule has 1 heteroatoms. The zero-order chi connectivity index (χ0) is 10.1. The average Bonchev–Trinajstić information content (AvgIpc) is 2.66. The number of hydrogen-bond acceptors (Lipinski definition) is 1. The van der Waals surface area contributed by atoms with Gasteiger partial charge in [0.05, 0.1) is 0 Å². The summed E-state index contributed by atoms with van der Waals surface area (Å²) in [6, 6.07) is 0. The maximum absolute atomic E-state index is 3.47. The summed E-state index contributed by atoms with van der Waals surface area (Å²) in [5, 5.41) is 3.47. The minimum absolute atomic E-state index is 0.475. The van der Waals surface area contributed by atoms with E-state index in [2.05, 4.69) is 39.9 Å². The van der Waals surface area contributed by atoms with Gasteiger partial charge in [0, 0.05) is 12.1 Å². The lowest BCUT2D eigenvalue weighted by Gasteiger charge is -2.32. The van der Waals surface area contributed by atoms with Crippen LogP contribution < -0.4 is 5.32 Å². The van der Waals surface area contributed by atoms with Crippen molar-refractivity contribution < 1.29 is 0 Å². The Morgan fingerprint density at radius 2 is 1.92 bits per heavy atom. The highest BCUT2D eigenvalue weighted by Gasteiger charge is 2.40. The summed E-state index contributed by atoms with van der Waals surface area (Å²) < 4.78 is 0. The first-order valence-corrected chi connectivity index (χ1v) is 5.62. The molecule has 1 heterocycles. The second kappa shape index (κ2) is 3.61. The standard InChI is InChI=1S/C12H25N/c1-6-7-10(11(2,3)4)8-12(5)9-13-12/h10,13H,6-9H2,1-5H3. The largest absolute Gasteiger partial charge is 0.308 e. The van der Waals surface area contributed by atoms with Crippen molar-refractivity contribution in [3.8, 4) is 0 Å². The van der Waals surface area contributed by atoms with Crippen molar-refractivity contribution in [3.05, 3.63) is 0 Å². The molecule has 0 aromatic heterocycles. The van der Waals surface area contributed by atoms with E-state index in [1.807, 2.05) is 0 Å². The molecule has 0 bridgehead atoms. The molecule has 1 aliphatic rings. The molecule has 1 nitrogen and oxygen atoms in total. The molecular weight excluding hydrogens is 158 g/mol.